The van der Waals surface area contributed by atoms with Crippen LogP contribution in [0.5, 0.6) is 5.75 Å². The molecule has 0 aliphatic heterocycles. The van der Waals surface area contributed by atoms with Gasteiger partial charge in [-0.05, 0) is 24.5 Å². The van der Waals surface area contributed by atoms with Gasteiger partial charge in [0, 0.05) is 23.8 Å². The van der Waals surface area contributed by atoms with Gasteiger partial charge in [-0.2, -0.15) is 16.8 Å². The molecule has 16 nitrogen and oxygen atoms in total. The van der Waals surface area contributed by atoms with E-state index < -0.39 is 73.5 Å². The number of benzene rings is 1. The monoisotopic (exact) mass is 569 g/mol. The average Bonchev–Trinajstić information content (AvgIpc) is 2.68. The zero-order valence-electron chi connectivity index (χ0n) is 18.5. The molecule has 1 aromatic rings. The number of ketones is 2. The zero-order chi connectivity index (χ0) is 28.7. The van der Waals surface area contributed by atoms with E-state index in [9.17, 15) is 34.8 Å². The Balaban J connectivity index is 0.000000412. The fourth-order valence-electron chi connectivity index (χ4n) is 4.92. The summed E-state index contributed by atoms with van der Waals surface area (Å²) < 4.78 is 63.2. The molecule has 1 saturated carbocycles. The third-order valence-corrected chi connectivity index (χ3v) is 6.11. The van der Waals surface area contributed by atoms with E-state index in [2.05, 4.69) is 0 Å². The molecule has 0 spiro atoms. The normalized spacial score (nSPS) is 28.9. The van der Waals surface area contributed by atoms with Gasteiger partial charge in [0.05, 0.1) is 17.6 Å². The van der Waals surface area contributed by atoms with Crippen LogP contribution in [0.3, 0.4) is 0 Å². The van der Waals surface area contributed by atoms with E-state index in [0.29, 0.717) is 0 Å². The zero-order valence-corrected chi connectivity index (χ0v) is 20.1. The molecule has 10 N–H and O–H groups in total. The molecule has 37 heavy (non-hydrogen) atoms. The number of Topliss-reactive ketones (excluding diaryl/α,β-unsaturated/α-hetero) is 2. The number of rotatable bonds is 1. The number of phenols is 1. The van der Waals surface area contributed by atoms with Gasteiger partial charge in [0.25, 0.3) is 0 Å². The van der Waals surface area contributed by atoms with Gasteiger partial charge in [0.1, 0.15) is 11.5 Å². The predicted molar refractivity (Wildman–Crippen MR) is 119 cm³/mol. The lowest BCUT2D eigenvalue weighted by atomic mass is 9.57. The molecule has 206 valence electrons. The lowest BCUT2D eigenvalue weighted by molar-refractivity contribution is -0.155. The van der Waals surface area contributed by atoms with Crippen molar-refractivity contribution < 1.29 is 69.9 Å². The minimum Gasteiger partial charge on any atom is -0.508 e. The summed E-state index contributed by atoms with van der Waals surface area (Å²) in [7, 11) is -9.33. The highest BCUT2D eigenvalue weighted by Crippen LogP contribution is 2.54. The summed E-state index contributed by atoms with van der Waals surface area (Å²) in [5.41, 5.74) is 3.11. The molecule has 18 heteroatoms. The number of aliphatic hydroxyl groups is 3. The minimum absolute atomic E-state index is 0.0210. The number of hydrogen-bond donors (Lipinski definition) is 9. The quantitative estimate of drug-likeness (QED) is 0.178. The first-order valence-corrected chi connectivity index (χ1v) is 12.9. The molecule has 1 amide bonds. The highest BCUT2D eigenvalue weighted by Gasteiger charge is 2.60. The van der Waals surface area contributed by atoms with Crippen LogP contribution in [0.2, 0.25) is 0 Å². The Morgan fingerprint density at radius 3 is 1.97 bits per heavy atom. The molecule has 1 aromatic carbocycles. The molecule has 5 unspecified atom stereocenters. The van der Waals surface area contributed by atoms with Gasteiger partial charge in [-0.1, -0.05) is 12.1 Å². The standard InChI is InChI=1S/C19H19NO7.2H2O4S/c20-18(26)13-9-2-1-3-11(22)14(9)16(24)15-10(13)5-7-4-8(21)6-12(23)19(7,27)17(15)25;2*1-5(2,3)4/h1-3,7-8,10,13,21-22,25,27H,4-6H2,(H2,20,26);2*(H2,1,2,3,4). The summed E-state index contributed by atoms with van der Waals surface area (Å²) in [5, 5.41) is 41.8. The van der Waals surface area contributed by atoms with Crippen LogP contribution in [0.4, 0.5) is 0 Å². The highest BCUT2D eigenvalue weighted by molar-refractivity contribution is 7.80. The fraction of sp³-hybridized carbons (Fsp3) is 0.421. The largest absolute Gasteiger partial charge is 0.508 e. The maximum atomic E-state index is 13.0. The van der Waals surface area contributed by atoms with E-state index in [4.69, 9.17) is 40.8 Å². The van der Waals surface area contributed by atoms with Gasteiger partial charge in [-0.3, -0.25) is 32.6 Å². The topological polar surface area (TPSA) is 307 Å². The maximum Gasteiger partial charge on any atom is 0.394 e. The molecule has 5 atom stereocenters. The van der Waals surface area contributed by atoms with Crippen molar-refractivity contribution in [1.82, 2.24) is 0 Å². The lowest BCUT2D eigenvalue weighted by Crippen LogP contribution is -2.58. The van der Waals surface area contributed by atoms with Crippen LogP contribution in [0.15, 0.2) is 29.5 Å². The number of fused-ring (bicyclic) bond motifs is 3. The van der Waals surface area contributed by atoms with Crippen molar-refractivity contribution in [2.75, 3.05) is 0 Å². The minimum atomic E-state index is -4.67. The number of nitrogens with two attached hydrogens (primary N) is 1. The number of carbonyl (C=O) groups excluding carboxylic acids is 3. The van der Waals surface area contributed by atoms with Crippen LogP contribution >= 0.6 is 0 Å². The Morgan fingerprint density at radius 1 is 0.973 bits per heavy atom. The second-order valence-electron chi connectivity index (χ2n) is 8.43. The van der Waals surface area contributed by atoms with E-state index in [-0.39, 0.29) is 41.7 Å². The van der Waals surface area contributed by atoms with Crippen LogP contribution in [-0.2, 0) is 30.4 Å². The number of amides is 1. The fourth-order valence-corrected chi connectivity index (χ4v) is 4.92. The first-order chi connectivity index (χ1) is 16.7. The van der Waals surface area contributed by atoms with E-state index in [1.165, 1.54) is 18.2 Å². The Bertz CT molecular complexity index is 1320. The summed E-state index contributed by atoms with van der Waals surface area (Å²) >= 11 is 0. The Labute approximate surface area is 209 Å². The van der Waals surface area contributed by atoms with Crippen molar-refractivity contribution in [2.24, 2.45) is 17.6 Å². The van der Waals surface area contributed by atoms with Crippen molar-refractivity contribution in [2.45, 2.75) is 36.9 Å². The van der Waals surface area contributed by atoms with Crippen molar-refractivity contribution in [3.63, 3.8) is 0 Å². The molecule has 0 heterocycles. The van der Waals surface area contributed by atoms with E-state index >= 15 is 0 Å². The predicted octanol–water partition coefficient (Wildman–Crippen LogP) is -1.25. The van der Waals surface area contributed by atoms with E-state index in [0.717, 1.165) is 0 Å². The SMILES string of the molecule is NC(=O)C1c2cccc(O)c2C(=O)C2=C(O)C3(O)C(=O)CC(O)CC3CC21.O=S(=O)(O)O.O=S(=O)(O)O. The van der Waals surface area contributed by atoms with E-state index in [1.54, 1.807) is 0 Å². The Hall–Kier alpha value is -2.97. The number of phenolic OH excluding ortho intramolecular Hbond substituents is 1. The second-order valence-corrected chi connectivity index (χ2v) is 10.2. The number of carbonyl (C=O) groups is 3. The van der Waals surface area contributed by atoms with Crippen LogP contribution < -0.4 is 5.73 Å². The smallest absolute Gasteiger partial charge is 0.394 e. The Morgan fingerprint density at radius 2 is 1.49 bits per heavy atom. The van der Waals surface area contributed by atoms with Crippen LogP contribution in [0.1, 0.15) is 41.1 Å². The molecule has 0 radical (unpaired) electrons. The lowest BCUT2D eigenvalue weighted by Gasteiger charge is -2.48. The summed E-state index contributed by atoms with van der Waals surface area (Å²) in [5.74, 6) is -6.16. The second kappa shape index (κ2) is 10.4. The molecule has 0 saturated heterocycles. The third-order valence-electron chi connectivity index (χ3n) is 6.11. The molecule has 4 rings (SSSR count). The van der Waals surface area contributed by atoms with Gasteiger partial charge < -0.3 is 26.2 Å². The molecule has 0 aromatic heterocycles. The van der Waals surface area contributed by atoms with Gasteiger partial charge in [-0.15, -0.1) is 0 Å². The number of primary amides is 1. The summed E-state index contributed by atoms with van der Waals surface area (Å²) in [6, 6.07) is 4.27. The van der Waals surface area contributed by atoms with Crippen LogP contribution in [0.25, 0.3) is 0 Å². The summed E-state index contributed by atoms with van der Waals surface area (Å²) in [6.45, 7) is 0. The number of hydrogen-bond acceptors (Lipinski definition) is 11. The molecule has 1 fully saturated rings. The molecular formula is C19H23NO15S2. The van der Waals surface area contributed by atoms with E-state index in [1.807, 2.05) is 0 Å². The van der Waals surface area contributed by atoms with Crippen LogP contribution in [0, 0.1) is 11.8 Å². The first kappa shape index (κ1) is 30.3. The number of aromatic hydroxyl groups is 1. The molecule has 3 aliphatic carbocycles. The van der Waals surface area contributed by atoms with Crippen molar-refractivity contribution >= 4 is 38.3 Å². The van der Waals surface area contributed by atoms with Crippen LogP contribution in [-0.4, -0.2) is 84.7 Å². The molecule has 0 bridgehead atoms. The van der Waals surface area contributed by atoms with Crippen molar-refractivity contribution in [3.05, 3.63) is 40.7 Å². The average molecular weight is 570 g/mol. The van der Waals surface area contributed by atoms with Gasteiger partial charge in [0.2, 0.25) is 5.91 Å². The highest BCUT2D eigenvalue weighted by atomic mass is 32.3. The first-order valence-electron chi connectivity index (χ1n) is 10.1. The van der Waals surface area contributed by atoms with Gasteiger partial charge in [0.15, 0.2) is 17.2 Å². The molecular weight excluding hydrogens is 546 g/mol. The number of allylic oxidation sites excluding steroid dienone is 1. The maximum absolute atomic E-state index is 13.0. The third kappa shape index (κ3) is 6.67. The molecule has 3 aliphatic rings. The Kier molecular flexibility index (Phi) is 8.52. The van der Waals surface area contributed by atoms with Gasteiger partial charge in [-0.25, -0.2) is 0 Å². The van der Waals surface area contributed by atoms with Gasteiger partial charge >= 0.3 is 20.8 Å². The summed E-state index contributed by atoms with van der Waals surface area (Å²) in [4.78, 5) is 37.7. The summed E-state index contributed by atoms with van der Waals surface area (Å²) in [6.07, 6.45) is -1.25. The van der Waals surface area contributed by atoms with Crippen molar-refractivity contribution in [1.29, 1.82) is 0 Å². The van der Waals surface area contributed by atoms with Crippen molar-refractivity contribution in [3.8, 4) is 5.75 Å². The number of aliphatic hydroxyl groups excluding tert-OH is 2.